The van der Waals surface area contributed by atoms with Gasteiger partial charge >= 0.3 is 0 Å². The van der Waals surface area contributed by atoms with Gasteiger partial charge in [0.2, 0.25) is 5.91 Å². The second-order valence-corrected chi connectivity index (χ2v) is 8.01. The molecule has 2 rings (SSSR count). The Balaban J connectivity index is 2.05. The van der Waals surface area contributed by atoms with Crippen molar-refractivity contribution in [2.24, 2.45) is 16.6 Å². The Morgan fingerprint density at radius 2 is 2.06 bits per heavy atom. The normalized spacial score (nSPS) is 40.3. The fraction of sp³-hybridized carbons (Fsp3) is 0.929. The Hall–Kier alpha value is -0.280. The topological polar surface area (TPSA) is 46.3 Å². The maximum Gasteiger partial charge on any atom is 0.224 e. The molecule has 0 radical (unpaired) electrons. The first-order valence-electron chi connectivity index (χ1n) is 6.87. The van der Waals surface area contributed by atoms with Crippen molar-refractivity contribution in [3.8, 4) is 0 Å². The Bertz CT molecular complexity index is 345. The molecule has 3 unspecified atom stereocenters. The first kappa shape index (κ1) is 14.1. The van der Waals surface area contributed by atoms with Gasteiger partial charge < -0.3 is 10.6 Å². The molecule has 1 aliphatic carbocycles. The van der Waals surface area contributed by atoms with E-state index >= 15 is 0 Å². The molecule has 0 aromatic heterocycles. The summed E-state index contributed by atoms with van der Waals surface area (Å²) in [4.78, 5) is 13.8. The van der Waals surface area contributed by atoms with E-state index in [1.54, 1.807) is 0 Å². The van der Waals surface area contributed by atoms with E-state index in [0.717, 1.165) is 25.8 Å². The maximum atomic E-state index is 11.9. The van der Waals surface area contributed by atoms with Gasteiger partial charge in [0.1, 0.15) is 0 Å². The van der Waals surface area contributed by atoms with E-state index in [1.165, 1.54) is 0 Å². The van der Waals surface area contributed by atoms with Crippen molar-refractivity contribution >= 4 is 17.5 Å². The lowest BCUT2D eigenvalue weighted by molar-refractivity contribution is -0.129. The van der Waals surface area contributed by atoms with Crippen molar-refractivity contribution in [2.75, 3.05) is 13.1 Å². The molecule has 1 saturated carbocycles. The predicted octanol–water partition coefficient (Wildman–Crippen LogP) is 2.37. The second kappa shape index (κ2) is 4.68. The quantitative estimate of drug-likeness (QED) is 0.785. The number of rotatable bonds is 2. The minimum absolute atomic E-state index is 0.00799. The summed E-state index contributed by atoms with van der Waals surface area (Å²) in [5.41, 5.74) is 6.60. The van der Waals surface area contributed by atoms with Gasteiger partial charge in [-0.15, -0.1) is 11.6 Å². The highest BCUT2D eigenvalue weighted by Crippen LogP contribution is 2.46. The smallest absolute Gasteiger partial charge is 0.224 e. The summed E-state index contributed by atoms with van der Waals surface area (Å²) in [6, 6.07) is 0.253. The number of amides is 1. The zero-order chi connectivity index (χ0) is 13.6. The molecule has 1 saturated heterocycles. The highest BCUT2D eigenvalue weighted by atomic mass is 35.5. The lowest BCUT2D eigenvalue weighted by Crippen LogP contribution is -2.48. The van der Waals surface area contributed by atoms with E-state index in [9.17, 15) is 4.79 Å². The van der Waals surface area contributed by atoms with Gasteiger partial charge in [0, 0.05) is 25.6 Å². The van der Waals surface area contributed by atoms with Crippen molar-refractivity contribution in [1.82, 2.24) is 4.90 Å². The Labute approximate surface area is 115 Å². The summed E-state index contributed by atoms with van der Waals surface area (Å²) in [6.45, 7) is 8.33. The molecule has 4 heteroatoms. The van der Waals surface area contributed by atoms with Gasteiger partial charge in [-0.3, -0.25) is 4.79 Å². The molecule has 1 heterocycles. The van der Waals surface area contributed by atoms with Crippen LogP contribution in [0.1, 0.15) is 46.5 Å². The number of carbonyl (C=O) groups is 1. The molecule has 3 atom stereocenters. The van der Waals surface area contributed by atoms with Gasteiger partial charge in [0.25, 0.3) is 0 Å². The summed E-state index contributed by atoms with van der Waals surface area (Å²) in [5.74, 6) is 0.202. The highest BCUT2D eigenvalue weighted by Gasteiger charge is 2.42. The van der Waals surface area contributed by atoms with Crippen LogP contribution in [-0.2, 0) is 4.79 Å². The Morgan fingerprint density at radius 1 is 1.39 bits per heavy atom. The van der Waals surface area contributed by atoms with Crippen molar-refractivity contribution in [2.45, 2.75) is 57.9 Å². The van der Waals surface area contributed by atoms with Crippen molar-refractivity contribution in [1.29, 1.82) is 0 Å². The molecule has 2 fully saturated rings. The lowest BCUT2D eigenvalue weighted by atomic mass is 9.62. The molecular weight excluding hydrogens is 248 g/mol. The SMILES string of the molecule is CC1(C)CC(N)CC(C)(CN2CC(Cl)CC2=O)C1. The van der Waals surface area contributed by atoms with Crippen molar-refractivity contribution in [3.05, 3.63) is 0 Å². The molecule has 0 spiro atoms. The van der Waals surface area contributed by atoms with E-state index < -0.39 is 0 Å². The zero-order valence-electron chi connectivity index (χ0n) is 11.7. The summed E-state index contributed by atoms with van der Waals surface area (Å²) >= 11 is 6.06. The third kappa shape index (κ3) is 3.18. The van der Waals surface area contributed by atoms with Gasteiger partial charge in [-0.2, -0.15) is 0 Å². The van der Waals surface area contributed by atoms with E-state index in [2.05, 4.69) is 20.8 Å². The van der Waals surface area contributed by atoms with Gasteiger partial charge in [0.05, 0.1) is 5.38 Å². The van der Waals surface area contributed by atoms with E-state index in [1.807, 2.05) is 4.90 Å². The molecule has 2 N–H and O–H groups in total. The number of carbonyl (C=O) groups excluding carboxylic acids is 1. The predicted molar refractivity (Wildman–Crippen MR) is 74.6 cm³/mol. The monoisotopic (exact) mass is 272 g/mol. The minimum atomic E-state index is -0.00799. The first-order valence-corrected chi connectivity index (χ1v) is 7.30. The largest absolute Gasteiger partial charge is 0.341 e. The summed E-state index contributed by atoms with van der Waals surface area (Å²) in [5, 5.41) is -0.00799. The first-order chi connectivity index (χ1) is 8.19. The molecule has 2 aliphatic rings. The zero-order valence-corrected chi connectivity index (χ0v) is 12.5. The van der Waals surface area contributed by atoms with Crippen LogP contribution in [0.3, 0.4) is 0 Å². The van der Waals surface area contributed by atoms with Crippen LogP contribution in [0.4, 0.5) is 0 Å². The van der Waals surface area contributed by atoms with Crippen LogP contribution in [0.2, 0.25) is 0 Å². The third-order valence-corrected chi connectivity index (χ3v) is 4.51. The number of halogens is 1. The van der Waals surface area contributed by atoms with Crippen LogP contribution in [0.15, 0.2) is 0 Å². The average Bonchev–Trinajstić information content (AvgIpc) is 2.38. The number of hydrogen-bond acceptors (Lipinski definition) is 2. The molecule has 3 nitrogen and oxygen atoms in total. The lowest BCUT2D eigenvalue weighted by Gasteiger charge is -2.47. The number of nitrogens with zero attached hydrogens (tertiary/aromatic N) is 1. The molecule has 0 bridgehead atoms. The standard InChI is InChI=1S/C14H25ClN2O/c1-13(2)5-11(16)6-14(3,8-13)9-17-7-10(15)4-12(17)18/h10-11H,4-9,16H2,1-3H3. The van der Waals surface area contributed by atoms with Crippen LogP contribution in [-0.4, -0.2) is 35.3 Å². The summed E-state index contributed by atoms with van der Waals surface area (Å²) in [7, 11) is 0. The number of alkyl halides is 1. The minimum Gasteiger partial charge on any atom is -0.341 e. The van der Waals surface area contributed by atoms with Crippen molar-refractivity contribution in [3.63, 3.8) is 0 Å². The van der Waals surface area contributed by atoms with Crippen molar-refractivity contribution < 1.29 is 4.79 Å². The Kier molecular flexibility index (Phi) is 3.67. The molecular formula is C14H25ClN2O. The second-order valence-electron chi connectivity index (χ2n) is 7.40. The number of hydrogen-bond donors (Lipinski definition) is 1. The number of likely N-dealkylation sites (tertiary alicyclic amines) is 1. The van der Waals surface area contributed by atoms with Crippen LogP contribution in [0, 0.1) is 10.8 Å². The average molecular weight is 273 g/mol. The molecule has 1 amide bonds. The molecule has 0 aromatic carbocycles. The summed E-state index contributed by atoms with van der Waals surface area (Å²) in [6.07, 6.45) is 3.71. The van der Waals surface area contributed by atoms with Gasteiger partial charge in [-0.1, -0.05) is 20.8 Å². The molecule has 0 aromatic rings. The molecule has 104 valence electrons. The maximum absolute atomic E-state index is 11.9. The Morgan fingerprint density at radius 3 is 2.56 bits per heavy atom. The summed E-state index contributed by atoms with van der Waals surface area (Å²) < 4.78 is 0. The fourth-order valence-corrected chi connectivity index (χ4v) is 4.47. The van der Waals surface area contributed by atoms with E-state index in [0.29, 0.717) is 13.0 Å². The van der Waals surface area contributed by atoms with E-state index in [-0.39, 0.29) is 28.2 Å². The van der Waals surface area contributed by atoms with Gasteiger partial charge in [-0.25, -0.2) is 0 Å². The van der Waals surface area contributed by atoms with Crippen LogP contribution >= 0.6 is 11.6 Å². The highest BCUT2D eigenvalue weighted by molar-refractivity contribution is 6.22. The van der Waals surface area contributed by atoms with E-state index in [4.69, 9.17) is 17.3 Å². The fourth-order valence-electron chi connectivity index (χ4n) is 4.17. The third-order valence-electron chi connectivity index (χ3n) is 4.21. The van der Waals surface area contributed by atoms with Gasteiger partial charge in [-0.05, 0) is 30.1 Å². The van der Waals surface area contributed by atoms with Crippen LogP contribution < -0.4 is 5.73 Å². The van der Waals surface area contributed by atoms with Gasteiger partial charge in [0.15, 0.2) is 0 Å². The molecule has 18 heavy (non-hydrogen) atoms. The van der Waals surface area contributed by atoms with Crippen LogP contribution in [0.25, 0.3) is 0 Å². The van der Waals surface area contributed by atoms with Crippen LogP contribution in [0.5, 0.6) is 0 Å². The molecule has 1 aliphatic heterocycles. The number of nitrogens with two attached hydrogens (primary N) is 1.